The number of nitrogens with zero attached hydrogens (tertiary/aromatic N) is 2. The van der Waals surface area contributed by atoms with Crippen LogP contribution in [0.25, 0.3) is 0 Å². The largest absolute Gasteiger partial charge is 0.351 e. The molecule has 6 nitrogen and oxygen atoms in total. The number of amides is 3. The van der Waals surface area contributed by atoms with E-state index in [1.807, 2.05) is 11.0 Å². The molecule has 0 atom stereocenters. The van der Waals surface area contributed by atoms with E-state index >= 15 is 0 Å². The molecule has 1 saturated heterocycles. The molecule has 0 spiro atoms. The van der Waals surface area contributed by atoms with E-state index in [2.05, 4.69) is 41.5 Å². The molecule has 1 aliphatic rings. The van der Waals surface area contributed by atoms with Gasteiger partial charge in [-0.3, -0.25) is 4.79 Å². The molecule has 1 heterocycles. The van der Waals surface area contributed by atoms with E-state index < -0.39 is 6.03 Å². The average molecular weight is 380 g/mol. The summed E-state index contributed by atoms with van der Waals surface area (Å²) >= 11 is 0. The summed E-state index contributed by atoms with van der Waals surface area (Å²) in [4.78, 5) is 28.4. The maximum atomic E-state index is 12.9. The Labute approximate surface area is 166 Å². The van der Waals surface area contributed by atoms with E-state index in [9.17, 15) is 9.59 Å². The second-order valence-electron chi connectivity index (χ2n) is 7.27. The number of para-hydroxylation sites is 1. The Morgan fingerprint density at radius 3 is 2.39 bits per heavy atom. The van der Waals surface area contributed by atoms with E-state index in [-0.39, 0.29) is 5.91 Å². The number of rotatable bonds is 6. The Morgan fingerprint density at radius 2 is 1.71 bits per heavy atom. The van der Waals surface area contributed by atoms with Gasteiger partial charge < -0.3 is 20.9 Å². The van der Waals surface area contributed by atoms with Crippen LogP contribution in [0.2, 0.25) is 0 Å². The summed E-state index contributed by atoms with van der Waals surface area (Å²) < 4.78 is 0. The number of urea groups is 1. The number of carbonyl (C=O) groups is 2. The highest BCUT2D eigenvalue weighted by Gasteiger charge is 2.27. The molecule has 0 aliphatic carbocycles. The highest BCUT2D eigenvalue weighted by Crippen LogP contribution is 2.22. The molecule has 3 N–H and O–H groups in total. The Morgan fingerprint density at radius 1 is 1.07 bits per heavy atom. The molecule has 0 unspecified atom stereocenters. The summed E-state index contributed by atoms with van der Waals surface area (Å²) in [6, 6.07) is 17.3. The number of nitrogens with one attached hydrogen (secondary N) is 1. The van der Waals surface area contributed by atoms with Crippen molar-refractivity contribution < 1.29 is 9.59 Å². The van der Waals surface area contributed by atoms with Gasteiger partial charge >= 0.3 is 6.03 Å². The van der Waals surface area contributed by atoms with Crippen LogP contribution in [0.1, 0.15) is 28.8 Å². The average Bonchev–Trinajstić information content (AvgIpc) is 2.72. The van der Waals surface area contributed by atoms with Crippen molar-refractivity contribution >= 4 is 17.6 Å². The summed E-state index contributed by atoms with van der Waals surface area (Å²) in [6.07, 6.45) is 2.92. The second-order valence-corrected chi connectivity index (χ2v) is 7.27. The number of carbonyl (C=O) groups excluding carboxylic acids is 2. The molecule has 1 aliphatic heterocycles. The SMILES string of the molecule is CN(CCc1ccccc1)C1CCN(C(=O)c2ccccc2NC(N)=O)CC1. The number of likely N-dealkylation sites (tertiary alicyclic amines) is 1. The maximum absolute atomic E-state index is 12.9. The maximum Gasteiger partial charge on any atom is 0.316 e. The lowest BCUT2D eigenvalue weighted by atomic mass is 10.0. The van der Waals surface area contributed by atoms with Crippen molar-refractivity contribution in [1.29, 1.82) is 0 Å². The highest BCUT2D eigenvalue weighted by atomic mass is 16.2. The minimum absolute atomic E-state index is 0.0604. The van der Waals surface area contributed by atoms with E-state index in [1.54, 1.807) is 24.3 Å². The van der Waals surface area contributed by atoms with Crippen LogP contribution in [0.5, 0.6) is 0 Å². The molecule has 28 heavy (non-hydrogen) atoms. The number of hydrogen-bond acceptors (Lipinski definition) is 3. The van der Waals surface area contributed by atoms with Crippen molar-refractivity contribution in [3.63, 3.8) is 0 Å². The number of nitrogens with two attached hydrogens (primary N) is 1. The first-order valence-corrected chi connectivity index (χ1v) is 9.73. The molecular formula is C22H28N4O2. The lowest BCUT2D eigenvalue weighted by Gasteiger charge is -2.37. The number of hydrogen-bond donors (Lipinski definition) is 2. The minimum atomic E-state index is -0.668. The van der Waals surface area contributed by atoms with Gasteiger partial charge in [0.25, 0.3) is 5.91 Å². The molecular weight excluding hydrogens is 352 g/mol. The smallest absolute Gasteiger partial charge is 0.316 e. The summed E-state index contributed by atoms with van der Waals surface area (Å²) in [7, 11) is 2.16. The number of piperidine rings is 1. The Kier molecular flexibility index (Phi) is 6.66. The fraction of sp³-hybridized carbons (Fsp3) is 0.364. The molecule has 0 saturated carbocycles. The zero-order valence-electron chi connectivity index (χ0n) is 16.3. The lowest BCUT2D eigenvalue weighted by Crippen LogP contribution is -2.46. The Balaban J connectivity index is 1.53. The van der Waals surface area contributed by atoms with Gasteiger partial charge in [-0.2, -0.15) is 0 Å². The number of likely N-dealkylation sites (N-methyl/N-ethyl adjacent to an activating group) is 1. The third-order valence-corrected chi connectivity index (χ3v) is 5.39. The van der Waals surface area contributed by atoms with E-state index in [0.29, 0.717) is 30.4 Å². The summed E-state index contributed by atoms with van der Waals surface area (Å²) in [6.45, 7) is 2.43. The third kappa shape index (κ3) is 5.10. The van der Waals surface area contributed by atoms with Crippen LogP contribution in [0.15, 0.2) is 54.6 Å². The van der Waals surface area contributed by atoms with Gasteiger partial charge in [0.1, 0.15) is 0 Å². The normalized spacial score (nSPS) is 14.9. The van der Waals surface area contributed by atoms with Crippen molar-refractivity contribution in [1.82, 2.24) is 9.80 Å². The van der Waals surface area contributed by atoms with Crippen LogP contribution in [-0.4, -0.2) is 54.5 Å². The first kappa shape index (κ1) is 19.9. The topological polar surface area (TPSA) is 78.7 Å². The third-order valence-electron chi connectivity index (χ3n) is 5.39. The zero-order valence-corrected chi connectivity index (χ0v) is 16.3. The highest BCUT2D eigenvalue weighted by molar-refractivity contribution is 6.03. The zero-order chi connectivity index (χ0) is 19.9. The van der Waals surface area contributed by atoms with Crippen LogP contribution in [0, 0.1) is 0 Å². The molecule has 148 valence electrons. The van der Waals surface area contributed by atoms with Crippen molar-refractivity contribution in [2.24, 2.45) is 5.73 Å². The lowest BCUT2D eigenvalue weighted by molar-refractivity contribution is 0.0648. The fourth-order valence-corrected chi connectivity index (χ4v) is 3.72. The number of anilines is 1. The molecule has 1 fully saturated rings. The summed E-state index contributed by atoms with van der Waals surface area (Å²) in [5.74, 6) is -0.0604. The van der Waals surface area contributed by atoms with E-state index in [0.717, 1.165) is 25.8 Å². The Hall–Kier alpha value is -2.86. The monoisotopic (exact) mass is 380 g/mol. The van der Waals surface area contributed by atoms with Crippen LogP contribution < -0.4 is 11.1 Å². The predicted molar refractivity (Wildman–Crippen MR) is 111 cm³/mol. The van der Waals surface area contributed by atoms with Gasteiger partial charge in [-0.15, -0.1) is 0 Å². The van der Waals surface area contributed by atoms with E-state index in [4.69, 9.17) is 5.73 Å². The van der Waals surface area contributed by atoms with Crippen LogP contribution >= 0.6 is 0 Å². The van der Waals surface area contributed by atoms with Crippen LogP contribution in [0.3, 0.4) is 0 Å². The summed E-state index contributed by atoms with van der Waals surface area (Å²) in [5.41, 5.74) is 7.50. The molecule has 2 aromatic carbocycles. The first-order valence-electron chi connectivity index (χ1n) is 9.73. The van der Waals surface area contributed by atoms with Gasteiger partial charge in [-0.05, 0) is 44.0 Å². The van der Waals surface area contributed by atoms with Crippen molar-refractivity contribution in [3.8, 4) is 0 Å². The molecule has 6 heteroatoms. The van der Waals surface area contributed by atoms with Crippen molar-refractivity contribution in [2.45, 2.75) is 25.3 Å². The van der Waals surface area contributed by atoms with Crippen LogP contribution in [-0.2, 0) is 6.42 Å². The van der Waals surface area contributed by atoms with Crippen molar-refractivity contribution in [3.05, 3.63) is 65.7 Å². The van der Waals surface area contributed by atoms with Crippen molar-refractivity contribution in [2.75, 3.05) is 32.0 Å². The molecule has 0 aromatic heterocycles. The second kappa shape index (κ2) is 9.37. The molecule has 2 aromatic rings. The molecule has 0 radical (unpaired) electrons. The van der Waals surface area contributed by atoms with Gasteiger partial charge in [-0.1, -0.05) is 42.5 Å². The standard InChI is InChI=1S/C22H28N4O2/c1-25(14-11-17-7-3-2-4-8-17)18-12-15-26(16-13-18)21(27)19-9-5-6-10-20(19)24-22(23)28/h2-10,18H,11-16H2,1H3,(H3,23,24,28). The predicted octanol–water partition coefficient (Wildman–Crippen LogP) is 2.96. The van der Waals surface area contributed by atoms with Crippen LogP contribution in [0.4, 0.5) is 10.5 Å². The van der Waals surface area contributed by atoms with Gasteiger partial charge in [0.05, 0.1) is 11.3 Å². The number of benzene rings is 2. The molecule has 3 amide bonds. The molecule has 0 bridgehead atoms. The number of primary amides is 1. The van der Waals surface area contributed by atoms with Gasteiger partial charge in [-0.25, -0.2) is 4.79 Å². The summed E-state index contributed by atoms with van der Waals surface area (Å²) in [5, 5.41) is 2.54. The van der Waals surface area contributed by atoms with Gasteiger partial charge in [0.2, 0.25) is 0 Å². The quantitative estimate of drug-likeness (QED) is 0.809. The first-order chi connectivity index (χ1) is 13.5. The van der Waals surface area contributed by atoms with E-state index in [1.165, 1.54) is 5.56 Å². The minimum Gasteiger partial charge on any atom is -0.351 e. The fourth-order valence-electron chi connectivity index (χ4n) is 3.72. The van der Waals surface area contributed by atoms with Gasteiger partial charge in [0, 0.05) is 25.7 Å². The Bertz CT molecular complexity index is 801. The van der Waals surface area contributed by atoms with Gasteiger partial charge in [0.15, 0.2) is 0 Å². The molecule has 3 rings (SSSR count).